The van der Waals surface area contributed by atoms with E-state index in [4.69, 9.17) is 16.3 Å². The average Bonchev–Trinajstić information content (AvgIpc) is 3.06. The molecule has 134 valence electrons. The molecule has 0 saturated carbocycles. The summed E-state index contributed by atoms with van der Waals surface area (Å²) < 4.78 is 7.47. The lowest BCUT2D eigenvalue weighted by Gasteiger charge is -2.09. The van der Waals surface area contributed by atoms with E-state index < -0.39 is 0 Å². The van der Waals surface area contributed by atoms with Gasteiger partial charge < -0.3 is 10.1 Å². The quantitative estimate of drug-likeness (QED) is 0.717. The van der Waals surface area contributed by atoms with Crippen LogP contribution >= 0.6 is 11.6 Å². The van der Waals surface area contributed by atoms with Crippen molar-refractivity contribution in [2.24, 2.45) is 7.05 Å². The first-order chi connectivity index (χ1) is 12.5. The highest BCUT2D eigenvalue weighted by Gasteiger charge is 2.06. The maximum atomic E-state index is 12.2. The second-order valence-corrected chi connectivity index (χ2v) is 6.51. The smallest absolute Gasteiger partial charge is 0.251 e. The van der Waals surface area contributed by atoms with Crippen molar-refractivity contribution in [3.63, 3.8) is 0 Å². The molecule has 0 bridgehead atoms. The molecule has 0 aliphatic heterocycles. The van der Waals surface area contributed by atoms with Gasteiger partial charge >= 0.3 is 0 Å². The zero-order valence-electron chi connectivity index (χ0n) is 14.7. The normalized spacial score (nSPS) is 10.6. The number of rotatable bonds is 6. The van der Waals surface area contributed by atoms with Gasteiger partial charge in [-0.05, 0) is 48.4 Å². The Balaban J connectivity index is 1.53. The highest BCUT2D eigenvalue weighted by atomic mass is 35.5. The molecule has 6 heteroatoms. The summed E-state index contributed by atoms with van der Waals surface area (Å²) in [6.45, 7) is 2.82. The van der Waals surface area contributed by atoms with E-state index in [0.29, 0.717) is 18.7 Å². The molecule has 3 aromatic rings. The van der Waals surface area contributed by atoms with Gasteiger partial charge in [-0.15, -0.1) is 0 Å². The molecule has 1 aromatic heterocycles. The maximum Gasteiger partial charge on any atom is 0.251 e. The van der Waals surface area contributed by atoms with E-state index in [2.05, 4.69) is 10.4 Å². The van der Waals surface area contributed by atoms with Crippen LogP contribution in [0.5, 0.6) is 5.75 Å². The molecule has 5 nitrogen and oxygen atoms in total. The van der Waals surface area contributed by atoms with Crippen LogP contribution in [-0.2, 0) is 20.2 Å². The molecule has 0 aliphatic carbocycles. The Bertz CT molecular complexity index is 904. The van der Waals surface area contributed by atoms with Crippen LogP contribution in [0, 0.1) is 6.92 Å². The molecule has 0 spiro atoms. The number of ether oxygens (including phenoxy) is 1. The van der Waals surface area contributed by atoms with Crippen molar-refractivity contribution in [3.05, 3.63) is 82.1 Å². The Morgan fingerprint density at radius 1 is 1.19 bits per heavy atom. The summed E-state index contributed by atoms with van der Waals surface area (Å²) in [5.41, 5.74) is 3.54. The number of carbonyl (C=O) groups excluding carboxylic acids is 1. The highest BCUT2D eigenvalue weighted by molar-refractivity contribution is 6.31. The van der Waals surface area contributed by atoms with Gasteiger partial charge in [-0.25, -0.2) is 0 Å². The molecule has 0 unspecified atom stereocenters. The SMILES string of the molecule is Cc1cc(OCc2ccc(C(=O)NCc3cnn(C)c3)cc2)ccc1Cl. The third-order valence-corrected chi connectivity index (χ3v) is 4.39. The topological polar surface area (TPSA) is 56.1 Å². The summed E-state index contributed by atoms with van der Waals surface area (Å²) in [6, 6.07) is 12.9. The highest BCUT2D eigenvalue weighted by Crippen LogP contribution is 2.21. The summed E-state index contributed by atoms with van der Waals surface area (Å²) in [7, 11) is 1.84. The number of amides is 1. The number of aryl methyl sites for hydroxylation is 2. The number of hydrogen-bond acceptors (Lipinski definition) is 3. The zero-order chi connectivity index (χ0) is 18.5. The summed E-state index contributed by atoms with van der Waals surface area (Å²) in [6.07, 6.45) is 3.61. The van der Waals surface area contributed by atoms with Crippen molar-refractivity contribution in [2.75, 3.05) is 0 Å². The molecular weight excluding hydrogens is 350 g/mol. The fraction of sp³-hybridized carbons (Fsp3) is 0.200. The molecule has 0 saturated heterocycles. The van der Waals surface area contributed by atoms with Gasteiger partial charge in [0, 0.05) is 35.9 Å². The largest absolute Gasteiger partial charge is 0.489 e. The Morgan fingerprint density at radius 2 is 1.96 bits per heavy atom. The summed E-state index contributed by atoms with van der Waals surface area (Å²) in [5.74, 6) is 0.653. The second-order valence-electron chi connectivity index (χ2n) is 6.10. The maximum absolute atomic E-state index is 12.2. The fourth-order valence-corrected chi connectivity index (χ4v) is 2.59. The van der Waals surface area contributed by atoms with Gasteiger partial charge in [0.15, 0.2) is 0 Å². The number of nitrogens with one attached hydrogen (secondary N) is 1. The third kappa shape index (κ3) is 4.64. The van der Waals surface area contributed by atoms with E-state index in [1.165, 1.54) is 0 Å². The number of benzene rings is 2. The molecular formula is C20H20ClN3O2. The first kappa shape index (κ1) is 18.0. The van der Waals surface area contributed by atoms with E-state index >= 15 is 0 Å². The molecule has 1 N–H and O–H groups in total. The Labute approximate surface area is 157 Å². The Kier molecular flexibility index (Phi) is 5.58. The van der Waals surface area contributed by atoms with Crippen molar-refractivity contribution in [2.45, 2.75) is 20.1 Å². The van der Waals surface area contributed by atoms with Crippen molar-refractivity contribution < 1.29 is 9.53 Å². The molecule has 0 radical (unpaired) electrons. The summed E-state index contributed by atoms with van der Waals surface area (Å²) >= 11 is 6.01. The Morgan fingerprint density at radius 3 is 2.62 bits per heavy atom. The number of aromatic nitrogens is 2. The van der Waals surface area contributed by atoms with Crippen molar-refractivity contribution in [1.82, 2.24) is 15.1 Å². The van der Waals surface area contributed by atoms with Crippen LogP contribution in [0.1, 0.15) is 27.0 Å². The minimum Gasteiger partial charge on any atom is -0.489 e. The number of hydrogen-bond donors (Lipinski definition) is 1. The van der Waals surface area contributed by atoms with E-state index in [1.54, 1.807) is 23.0 Å². The van der Waals surface area contributed by atoms with Gasteiger partial charge in [-0.2, -0.15) is 5.10 Å². The van der Waals surface area contributed by atoms with Gasteiger partial charge in [0.25, 0.3) is 5.91 Å². The van der Waals surface area contributed by atoms with Crippen LogP contribution in [0.2, 0.25) is 5.02 Å². The minimum atomic E-state index is -0.116. The van der Waals surface area contributed by atoms with E-state index in [0.717, 1.165) is 27.5 Å². The molecule has 1 amide bonds. The lowest BCUT2D eigenvalue weighted by Crippen LogP contribution is -2.22. The Hall–Kier alpha value is -2.79. The van der Waals surface area contributed by atoms with Crippen molar-refractivity contribution in [3.8, 4) is 5.75 Å². The molecule has 26 heavy (non-hydrogen) atoms. The predicted octanol–water partition coefficient (Wildman–Crippen LogP) is 3.89. The number of nitrogens with zero attached hydrogens (tertiary/aromatic N) is 2. The van der Waals surface area contributed by atoms with Gasteiger partial charge in [0.05, 0.1) is 6.20 Å². The van der Waals surface area contributed by atoms with E-state index in [9.17, 15) is 4.79 Å². The fourth-order valence-electron chi connectivity index (χ4n) is 2.47. The predicted molar refractivity (Wildman–Crippen MR) is 101 cm³/mol. The second kappa shape index (κ2) is 8.06. The van der Waals surface area contributed by atoms with Crippen LogP contribution in [0.25, 0.3) is 0 Å². The standard InChI is InChI=1S/C20H20ClN3O2/c1-14-9-18(7-8-19(14)21)26-13-15-3-5-17(6-4-15)20(25)22-10-16-11-23-24(2)12-16/h3-9,11-12H,10,13H2,1-2H3,(H,22,25). The molecule has 2 aromatic carbocycles. The van der Waals surface area contributed by atoms with Crippen molar-refractivity contribution in [1.29, 1.82) is 0 Å². The van der Waals surface area contributed by atoms with Crippen LogP contribution < -0.4 is 10.1 Å². The van der Waals surface area contributed by atoms with Gasteiger partial charge in [-0.1, -0.05) is 23.7 Å². The van der Waals surface area contributed by atoms with Crippen LogP contribution in [-0.4, -0.2) is 15.7 Å². The first-order valence-corrected chi connectivity index (χ1v) is 8.62. The lowest BCUT2D eigenvalue weighted by atomic mass is 10.1. The average molecular weight is 370 g/mol. The number of halogens is 1. The van der Waals surface area contributed by atoms with Gasteiger partial charge in [0.1, 0.15) is 12.4 Å². The summed E-state index contributed by atoms with van der Waals surface area (Å²) in [5, 5.41) is 7.68. The van der Waals surface area contributed by atoms with Crippen molar-refractivity contribution >= 4 is 17.5 Å². The number of carbonyl (C=O) groups is 1. The van der Waals surface area contributed by atoms with Crippen LogP contribution in [0.15, 0.2) is 54.9 Å². The molecule has 1 heterocycles. The van der Waals surface area contributed by atoms with Crippen LogP contribution in [0.3, 0.4) is 0 Å². The lowest BCUT2D eigenvalue weighted by molar-refractivity contribution is 0.0951. The van der Waals surface area contributed by atoms with E-state index in [-0.39, 0.29) is 5.91 Å². The monoisotopic (exact) mass is 369 g/mol. The minimum absolute atomic E-state index is 0.116. The van der Waals surface area contributed by atoms with Gasteiger partial charge in [-0.3, -0.25) is 9.48 Å². The molecule has 0 aliphatic rings. The van der Waals surface area contributed by atoms with E-state index in [1.807, 2.05) is 50.5 Å². The molecule has 0 atom stereocenters. The molecule has 3 rings (SSSR count). The van der Waals surface area contributed by atoms with Gasteiger partial charge in [0.2, 0.25) is 0 Å². The zero-order valence-corrected chi connectivity index (χ0v) is 15.5. The molecule has 0 fully saturated rings. The third-order valence-electron chi connectivity index (χ3n) is 3.96. The summed E-state index contributed by atoms with van der Waals surface area (Å²) in [4.78, 5) is 12.2. The van der Waals surface area contributed by atoms with Crippen LogP contribution in [0.4, 0.5) is 0 Å². The first-order valence-electron chi connectivity index (χ1n) is 8.25.